The number of ether oxygens (including phenoxy) is 1. The highest BCUT2D eigenvalue weighted by Gasteiger charge is 2.43. The highest BCUT2D eigenvalue weighted by Crippen LogP contribution is 2.30. The zero-order valence-electron chi connectivity index (χ0n) is 12.7. The molecule has 4 nitrogen and oxygen atoms in total. The maximum Gasteiger partial charge on any atom is 0.232 e. The zero-order valence-corrected chi connectivity index (χ0v) is 13.4. The molecule has 1 atom stereocenters. The lowest BCUT2D eigenvalue weighted by Gasteiger charge is -2.33. The van der Waals surface area contributed by atoms with Crippen LogP contribution in [0.5, 0.6) is 0 Å². The van der Waals surface area contributed by atoms with Crippen molar-refractivity contribution in [1.29, 1.82) is 0 Å². The lowest BCUT2D eigenvalue weighted by molar-refractivity contribution is -0.144. The SMILES string of the molecule is CCN(Cc1ccccc1Cl)C(=O)C1(COC)CCNC1. The Balaban J connectivity index is 2.16. The van der Waals surface area contributed by atoms with Gasteiger partial charge in [-0.05, 0) is 31.5 Å². The molecule has 1 N–H and O–H groups in total. The van der Waals surface area contributed by atoms with Crippen LogP contribution in [0.15, 0.2) is 24.3 Å². The number of hydrogen-bond acceptors (Lipinski definition) is 3. The number of amides is 1. The van der Waals surface area contributed by atoms with Crippen molar-refractivity contribution in [3.8, 4) is 0 Å². The van der Waals surface area contributed by atoms with Gasteiger partial charge in [-0.3, -0.25) is 4.79 Å². The first kappa shape index (κ1) is 16.3. The van der Waals surface area contributed by atoms with Gasteiger partial charge in [-0.1, -0.05) is 29.8 Å². The van der Waals surface area contributed by atoms with E-state index in [1.807, 2.05) is 36.1 Å². The van der Waals surface area contributed by atoms with Crippen LogP contribution in [0.3, 0.4) is 0 Å². The van der Waals surface area contributed by atoms with Gasteiger partial charge in [-0.25, -0.2) is 0 Å². The van der Waals surface area contributed by atoms with Gasteiger partial charge in [-0.2, -0.15) is 0 Å². The zero-order chi connectivity index (χ0) is 15.3. The molecule has 1 amide bonds. The molecule has 0 aromatic heterocycles. The highest BCUT2D eigenvalue weighted by atomic mass is 35.5. The van der Waals surface area contributed by atoms with E-state index in [2.05, 4.69) is 5.32 Å². The molecule has 5 heteroatoms. The van der Waals surface area contributed by atoms with E-state index in [1.165, 1.54) is 0 Å². The van der Waals surface area contributed by atoms with Crippen molar-refractivity contribution in [2.75, 3.05) is 33.4 Å². The summed E-state index contributed by atoms with van der Waals surface area (Å²) < 4.78 is 5.31. The summed E-state index contributed by atoms with van der Waals surface area (Å²) in [4.78, 5) is 14.8. The van der Waals surface area contributed by atoms with E-state index in [0.717, 1.165) is 18.5 Å². The van der Waals surface area contributed by atoms with E-state index in [9.17, 15) is 4.79 Å². The molecule has 21 heavy (non-hydrogen) atoms. The van der Waals surface area contributed by atoms with Gasteiger partial charge in [0.2, 0.25) is 5.91 Å². The summed E-state index contributed by atoms with van der Waals surface area (Å²) in [6, 6.07) is 7.67. The van der Waals surface area contributed by atoms with Gasteiger partial charge in [0.15, 0.2) is 0 Å². The van der Waals surface area contributed by atoms with Crippen LogP contribution in [0.1, 0.15) is 18.9 Å². The molecule has 1 aliphatic heterocycles. The third kappa shape index (κ3) is 3.57. The maximum atomic E-state index is 13.0. The van der Waals surface area contributed by atoms with Gasteiger partial charge in [0, 0.05) is 31.8 Å². The lowest BCUT2D eigenvalue weighted by Crippen LogP contribution is -2.47. The van der Waals surface area contributed by atoms with E-state index < -0.39 is 5.41 Å². The summed E-state index contributed by atoms with van der Waals surface area (Å²) in [5.41, 5.74) is 0.541. The highest BCUT2D eigenvalue weighted by molar-refractivity contribution is 6.31. The van der Waals surface area contributed by atoms with Crippen molar-refractivity contribution in [3.05, 3.63) is 34.9 Å². The van der Waals surface area contributed by atoms with Gasteiger partial charge < -0.3 is 15.0 Å². The number of nitrogens with one attached hydrogen (secondary N) is 1. The second-order valence-electron chi connectivity index (χ2n) is 5.55. The van der Waals surface area contributed by atoms with E-state index in [4.69, 9.17) is 16.3 Å². The largest absolute Gasteiger partial charge is 0.384 e. The van der Waals surface area contributed by atoms with Crippen molar-refractivity contribution in [2.24, 2.45) is 5.41 Å². The van der Waals surface area contributed by atoms with Crippen LogP contribution in [0.2, 0.25) is 5.02 Å². The molecule has 1 unspecified atom stereocenters. The number of hydrogen-bond donors (Lipinski definition) is 1. The number of halogens is 1. The molecule has 0 saturated carbocycles. The molecule has 2 rings (SSSR count). The normalized spacial score (nSPS) is 21.5. The molecule has 0 radical (unpaired) electrons. The van der Waals surface area contributed by atoms with Crippen molar-refractivity contribution >= 4 is 17.5 Å². The van der Waals surface area contributed by atoms with E-state index in [1.54, 1.807) is 7.11 Å². The summed E-state index contributed by atoms with van der Waals surface area (Å²) in [5.74, 6) is 0.150. The molecule has 1 aliphatic rings. The third-order valence-electron chi connectivity index (χ3n) is 4.11. The Labute approximate surface area is 131 Å². The van der Waals surface area contributed by atoms with Crippen LogP contribution in [-0.2, 0) is 16.1 Å². The number of nitrogens with zero attached hydrogens (tertiary/aromatic N) is 1. The second kappa shape index (κ2) is 7.25. The summed E-state index contributed by atoms with van der Waals surface area (Å²) in [7, 11) is 1.65. The molecule has 1 heterocycles. The average molecular weight is 311 g/mol. The van der Waals surface area contributed by atoms with E-state index >= 15 is 0 Å². The topological polar surface area (TPSA) is 41.6 Å². The average Bonchev–Trinajstić information content (AvgIpc) is 2.96. The predicted octanol–water partition coefficient (Wildman–Crippen LogP) is 2.31. The second-order valence-corrected chi connectivity index (χ2v) is 5.96. The van der Waals surface area contributed by atoms with Crippen LogP contribution < -0.4 is 5.32 Å². The molecular weight excluding hydrogens is 288 g/mol. The molecular formula is C16H23ClN2O2. The van der Waals surface area contributed by atoms with Crippen LogP contribution in [0.4, 0.5) is 0 Å². The molecule has 116 valence electrons. The van der Waals surface area contributed by atoms with Crippen molar-refractivity contribution in [1.82, 2.24) is 10.2 Å². The van der Waals surface area contributed by atoms with Crippen molar-refractivity contribution in [2.45, 2.75) is 19.9 Å². The minimum atomic E-state index is -0.438. The maximum absolute atomic E-state index is 13.0. The number of benzene rings is 1. The summed E-state index contributed by atoms with van der Waals surface area (Å²) in [5, 5.41) is 3.98. The Hall–Kier alpha value is -1.10. The molecule has 0 spiro atoms. The molecule has 0 aliphatic carbocycles. The van der Waals surface area contributed by atoms with Crippen LogP contribution >= 0.6 is 11.6 Å². The number of methoxy groups -OCH3 is 1. The Morgan fingerprint density at radius 1 is 1.48 bits per heavy atom. The first-order valence-corrected chi connectivity index (χ1v) is 7.73. The smallest absolute Gasteiger partial charge is 0.232 e. The summed E-state index contributed by atoms with van der Waals surface area (Å²) in [6.07, 6.45) is 0.818. The van der Waals surface area contributed by atoms with E-state index in [0.29, 0.717) is 31.3 Å². The Kier molecular flexibility index (Phi) is 5.62. The molecule has 1 aromatic rings. The standard InChI is InChI=1S/C16H23ClN2O2/c1-3-19(10-13-6-4-5-7-14(13)17)15(20)16(12-21-2)8-9-18-11-16/h4-7,18H,3,8-12H2,1-2H3. The fourth-order valence-corrected chi connectivity index (χ4v) is 3.08. The molecule has 1 fully saturated rings. The Morgan fingerprint density at radius 2 is 2.24 bits per heavy atom. The summed E-state index contributed by atoms with van der Waals surface area (Å²) >= 11 is 6.21. The summed E-state index contributed by atoms with van der Waals surface area (Å²) in [6.45, 7) is 5.20. The minimum Gasteiger partial charge on any atom is -0.384 e. The number of carbonyl (C=O) groups is 1. The van der Waals surface area contributed by atoms with Gasteiger partial charge >= 0.3 is 0 Å². The predicted molar refractivity (Wildman–Crippen MR) is 84.3 cm³/mol. The van der Waals surface area contributed by atoms with Gasteiger partial charge in [0.1, 0.15) is 0 Å². The molecule has 1 aromatic carbocycles. The Bertz CT molecular complexity index is 487. The fraction of sp³-hybridized carbons (Fsp3) is 0.562. The van der Waals surface area contributed by atoms with Gasteiger partial charge in [0.25, 0.3) is 0 Å². The van der Waals surface area contributed by atoms with Crippen LogP contribution in [0, 0.1) is 5.41 Å². The van der Waals surface area contributed by atoms with Gasteiger partial charge in [0.05, 0.1) is 12.0 Å². The van der Waals surface area contributed by atoms with Crippen molar-refractivity contribution in [3.63, 3.8) is 0 Å². The number of rotatable bonds is 6. The quantitative estimate of drug-likeness (QED) is 0.877. The monoisotopic (exact) mass is 310 g/mol. The fourth-order valence-electron chi connectivity index (χ4n) is 2.88. The molecule has 1 saturated heterocycles. The lowest BCUT2D eigenvalue weighted by atomic mass is 9.86. The minimum absolute atomic E-state index is 0.150. The Morgan fingerprint density at radius 3 is 2.81 bits per heavy atom. The van der Waals surface area contributed by atoms with Gasteiger partial charge in [-0.15, -0.1) is 0 Å². The van der Waals surface area contributed by atoms with Crippen molar-refractivity contribution < 1.29 is 9.53 Å². The van der Waals surface area contributed by atoms with Crippen LogP contribution in [-0.4, -0.2) is 44.2 Å². The first-order valence-electron chi connectivity index (χ1n) is 7.35. The van der Waals surface area contributed by atoms with Crippen LogP contribution in [0.25, 0.3) is 0 Å². The third-order valence-corrected chi connectivity index (χ3v) is 4.47. The number of carbonyl (C=O) groups excluding carboxylic acids is 1. The first-order chi connectivity index (χ1) is 10.1. The van der Waals surface area contributed by atoms with E-state index in [-0.39, 0.29) is 5.91 Å². The molecule has 0 bridgehead atoms.